The monoisotopic (exact) mass is 521 g/mol. The van der Waals surface area contributed by atoms with Crippen LogP contribution in [0.15, 0.2) is 89.8 Å². The van der Waals surface area contributed by atoms with Gasteiger partial charge in [-0.25, -0.2) is 8.42 Å². The standard InChI is InChI=1S/C28H28ClN3O3S/c1-28(2,19-11-13-20(29)14-12-19)27(33)30-21-15-17-22(18-16-21)31-36(34,35)26-10-6-7-23-24(26)8-5-9-25(23)32(3)4/h5-18,31H,1-4H3,(H,30,33). The van der Waals surface area contributed by atoms with E-state index in [-0.39, 0.29) is 10.8 Å². The maximum Gasteiger partial charge on any atom is 0.262 e. The van der Waals surface area contributed by atoms with E-state index in [1.54, 1.807) is 54.6 Å². The van der Waals surface area contributed by atoms with E-state index < -0.39 is 15.4 Å². The zero-order chi connectivity index (χ0) is 26.1. The number of benzene rings is 4. The van der Waals surface area contributed by atoms with E-state index in [4.69, 9.17) is 11.6 Å². The van der Waals surface area contributed by atoms with Gasteiger partial charge in [0.25, 0.3) is 10.0 Å². The average Bonchev–Trinajstić information content (AvgIpc) is 2.84. The van der Waals surface area contributed by atoms with Gasteiger partial charge in [-0.05, 0) is 67.9 Å². The molecule has 8 heteroatoms. The molecule has 36 heavy (non-hydrogen) atoms. The van der Waals surface area contributed by atoms with Crippen LogP contribution in [-0.4, -0.2) is 28.4 Å². The van der Waals surface area contributed by atoms with E-state index in [9.17, 15) is 13.2 Å². The van der Waals surface area contributed by atoms with Crippen molar-refractivity contribution >= 4 is 55.4 Å². The van der Waals surface area contributed by atoms with Crippen molar-refractivity contribution in [3.63, 3.8) is 0 Å². The Kier molecular flexibility index (Phi) is 6.98. The van der Waals surface area contributed by atoms with Crippen LogP contribution < -0.4 is 14.9 Å². The second-order valence-electron chi connectivity index (χ2n) is 9.29. The molecular formula is C28H28ClN3O3S. The summed E-state index contributed by atoms with van der Waals surface area (Å²) in [6.45, 7) is 3.67. The summed E-state index contributed by atoms with van der Waals surface area (Å²) in [6.07, 6.45) is 0. The fourth-order valence-electron chi connectivity index (χ4n) is 4.01. The number of fused-ring (bicyclic) bond motifs is 1. The summed E-state index contributed by atoms with van der Waals surface area (Å²) in [5.41, 5.74) is 1.94. The van der Waals surface area contributed by atoms with Gasteiger partial charge in [-0.2, -0.15) is 0 Å². The van der Waals surface area contributed by atoms with Crippen LogP contribution in [0.5, 0.6) is 0 Å². The third-order valence-corrected chi connectivity index (χ3v) is 7.85. The largest absolute Gasteiger partial charge is 0.377 e. The summed E-state index contributed by atoms with van der Waals surface area (Å²) in [7, 11) is -0.00427. The summed E-state index contributed by atoms with van der Waals surface area (Å²) >= 11 is 5.97. The highest BCUT2D eigenvalue weighted by molar-refractivity contribution is 7.93. The second-order valence-corrected chi connectivity index (χ2v) is 11.4. The highest BCUT2D eigenvalue weighted by Crippen LogP contribution is 2.31. The molecule has 0 radical (unpaired) electrons. The molecule has 1 amide bonds. The fourth-order valence-corrected chi connectivity index (χ4v) is 5.41. The number of halogens is 1. The first-order valence-electron chi connectivity index (χ1n) is 11.4. The summed E-state index contributed by atoms with van der Waals surface area (Å²) < 4.78 is 29.2. The molecule has 0 saturated carbocycles. The van der Waals surface area contributed by atoms with Crippen LogP contribution in [0.3, 0.4) is 0 Å². The van der Waals surface area contributed by atoms with Crippen molar-refractivity contribution in [2.75, 3.05) is 29.0 Å². The number of carbonyl (C=O) groups excluding carboxylic acids is 1. The van der Waals surface area contributed by atoms with E-state index in [1.807, 2.05) is 63.2 Å². The van der Waals surface area contributed by atoms with Crippen molar-refractivity contribution < 1.29 is 13.2 Å². The van der Waals surface area contributed by atoms with E-state index in [0.717, 1.165) is 16.6 Å². The van der Waals surface area contributed by atoms with Crippen LogP contribution in [0.1, 0.15) is 19.4 Å². The number of nitrogens with one attached hydrogen (secondary N) is 2. The lowest BCUT2D eigenvalue weighted by Gasteiger charge is -2.24. The number of amides is 1. The average molecular weight is 522 g/mol. The summed E-state index contributed by atoms with van der Waals surface area (Å²) in [5, 5.41) is 5.01. The number of nitrogens with zero attached hydrogens (tertiary/aromatic N) is 1. The van der Waals surface area contributed by atoms with Gasteiger partial charge in [-0.3, -0.25) is 9.52 Å². The van der Waals surface area contributed by atoms with Gasteiger partial charge in [-0.15, -0.1) is 0 Å². The predicted octanol–water partition coefficient (Wildman–Crippen LogP) is 6.28. The number of sulfonamides is 1. The number of anilines is 3. The number of hydrogen-bond acceptors (Lipinski definition) is 4. The van der Waals surface area contributed by atoms with Gasteiger partial charge < -0.3 is 10.2 Å². The lowest BCUT2D eigenvalue weighted by Crippen LogP contribution is -2.34. The summed E-state index contributed by atoms with van der Waals surface area (Å²) in [4.78, 5) is 15.1. The Balaban J connectivity index is 1.53. The molecule has 0 aromatic heterocycles. The molecule has 2 N–H and O–H groups in total. The van der Waals surface area contributed by atoms with E-state index in [0.29, 0.717) is 21.8 Å². The Labute approximate surface area is 217 Å². The van der Waals surface area contributed by atoms with Gasteiger partial charge in [0, 0.05) is 47.0 Å². The Bertz CT molecular complexity index is 1510. The summed E-state index contributed by atoms with van der Waals surface area (Å²) in [5.74, 6) is -0.189. The van der Waals surface area contributed by atoms with Gasteiger partial charge in [-0.1, -0.05) is 48.0 Å². The zero-order valence-electron chi connectivity index (χ0n) is 20.5. The molecule has 6 nitrogen and oxygen atoms in total. The van der Waals surface area contributed by atoms with Crippen LogP contribution in [-0.2, 0) is 20.2 Å². The van der Waals surface area contributed by atoms with Crippen molar-refractivity contribution in [3.05, 3.63) is 95.5 Å². The first kappa shape index (κ1) is 25.5. The summed E-state index contributed by atoms with van der Waals surface area (Å²) in [6, 6.07) is 24.6. The van der Waals surface area contributed by atoms with Crippen molar-refractivity contribution in [3.8, 4) is 0 Å². The molecule has 0 aliphatic rings. The number of rotatable bonds is 7. The molecule has 0 spiro atoms. The molecule has 4 aromatic carbocycles. The second kappa shape index (κ2) is 9.84. The normalized spacial score (nSPS) is 11.8. The van der Waals surface area contributed by atoms with E-state index in [1.165, 1.54) is 0 Å². The molecular weight excluding hydrogens is 494 g/mol. The smallest absolute Gasteiger partial charge is 0.262 e. The number of hydrogen-bond donors (Lipinski definition) is 2. The van der Waals surface area contributed by atoms with Crippen LogP contribution in [0.4, 0.5) is 17.1 Å². The Hall–Kier alpha value is -3.55. The molecule has 0 aliphatic heterocycles. The van der Waals surface area contributed by atoms with E-state index >= 15 is 0 Å². The van der Waals surface area contributed by atoms with E-state index in [2.05, 4.69) is 10.0 Å². The molecule has 4 aromatic rings. The SMILES string of the molecule is CN(C)c1cccc2c(S(=O)(=O)Nc3ccc(NC(=O)C(C)(C)c4ccc(Cl)cc4)cc3)cccc12. The van der Waals surface area contributed by atoms with Gasteiger partial charge in [0.2, 0.25) is 5.91 Å². The van der Waals surface area contributed by atoms with Gasteiger partial charge in [0.15, 0.2) is 0 Å². The molecule has 0 fully saturated rings. The molecule has 0 unspecified atom stereocenters. The minimum Gasteiger partial charge on any atom is -0.377 e. The van der Waals surface area contributed by atoms with Crippen LogP contribution in [0, 0.1) is 0 Å². The Morgan fingerprint density at radius 3 is 2.03 bits per heavy atom. The Morgan fingerprint density at radius 2 is 1.39 bits per heavy atom. The molecule has 0 atom stereocenters. The molecule has 0 heterocycles. The highest BCUT2D eigenvalue weighted by Gasteiger charge is 2.30. The molecule has 0 aliphatic carbocycles. The topological polar surface area (TPSA) is 78.5 Å². The first-order chi connectivity index (χ1) is 17.0. The van der Waals surface area contributed by atoms with Crippen LogP contribution >= 0.6 is 11.6 Å². The van der Waals surface area contributed by atoms with Crippen molar-refractivity contribution in [1.82, 2.24) is 0 Å². The molecule has 0 bridgehead atoms. The van der Waals surface area contributed by atoms with Crippen LogP contribution in [0.2, 0.25) is 5.02 Å². The van der Waals surface area contributed by atoms with Gasteiger partial charge >= 0.3 is 0 Å². The lowest BCUT2D eigenvalue weighted by atomic mass is 9.83. The molecule has 0 saturated heterocycles. The van der Waals surface area contributed by atoms with Crippen molar-refractivity contribution in [2.24, 2.45) is 0 Å². The quantitative estimate of drug-likeness (QED) is 0.300. The minimum absolute atomic E-state index is 0.189. The Morgan fingerprint density at radius 1 is 0.806 bits per heavy atom. The zero-order valence-corrected chi connectivity index (χ0v) is 22.1. The third-order valence-electron chi connectivity index (χ3n) is 6.16. The maximum atomic E-state index is 13.3. The third kappa shape index (κ3) is 5.17. The molecule has 186 valence electrons. The predicted molar refractivity (Wildman–Crippen MR) is 149 cm³/mol. The van der Waals surface area contributed by atoms with Gasteiger partial charge in [0.1, 0.15) is 0 Å². The van der Waals surface area contributed by atoms with Gasteiger partial charge in [0.05, 0.1) is 10.3 Å². The van der Waals surface area contributed by atoms with Crippen molar-refractivity contribution in [1.29, 1.82) is 0 Å². The highest BCUT2D eigenvalue weighted by atomic mass is 35.5. The molecule has 4 rings (SSSR count). The van der Waals surface area contributed by atoms with Crippen molar-refractivity contribution in [2.45, 2.75) is 24.2 Å². The minimum atomic E-state index is -3.85. The lowest BCUT2D eigenvalue weighted by molar-refractivity contribution is -0.120. The maximum absolute atomic E-state index is 13.3. The van der Waals surface area contributed by atoms with Crippen LogP contribution in [0.25, 0.3) is 10.8 Å². The number of carbonyl (C=O) groups is 1. The fraction of sp³-hybridized carbons (Fsp3) is 0.179. The first-order valence-corrected chi connectivity index (χ1v) is 13.2.